The van der Waals surface area contributed by atoms with Gasteiger partial charge in [0.15, 0.2) is 0 Å². The molecule has 2 unspecified atom stereocenters. The number of fused-ring (bicyclic) bond motifs is 6. The standard InChI is InChI=1S/C39H48N6O.C34H37FN6O/c1-5-28-10-8-13-32(27(2)3)36(28)25-37(46)42-31-16-14-29(15-17-31)35-24-30-26-41-39(43-38(30)34-12-7-6-11-33(34)35)40-18-9-19-45-22-20-44(4)21-23-45;1-40-17-19-41(20-18-40)16-6-15-36-34-37-23-26-21-30(28-8-3-4-9-29(28)33(26)39-34)24-11-13-27(14-12-24)38-32(42)22-25-7-2-5-10-31(25)35/h6-8,10-17,26-27,35H,5,9,18-25H2,1-4H3,(H,42,46)(H,40,41,43);2-5,7-14,23,30H,6,15-22H2,1H3,(H,38,42)(H,36,37,39). The molecule has 2 atom stereocenters. The van der Waals surface area contributed by atoms with Crippen molar-refractivity contribution in [1.29, 1.82) is 0 Å². The lowest BCUT2D eigenvalue weighted by atomic mass is 9.78. The van der Waals surface area contributed by atoms with Crippen LogP contribution in [0.15, 0.2) is 152 Å². The maximum absolute atomic E-state index is 13.9. The Balaban J connectivity index is 0.000000183. The molecule has 6 aromatic carbocycles. The normalized spacial score (nSPS) is 16.7. The van der Waals surface area contributed by atoms with Crippen molar-refractivity contribution in [1.82, 2.24) is 39.5 Å². The molecule has 2 aliphatic heterocycles. The summed E-state index contributed by atoms with van der Waals surface area (Å²) < 4.78 is 13.9. The number of amides is 2. The van der Waals surface area contributed by atoms with E-state index in [1.54, 1.807) is 18.2 Å². The predicted octanol–water partition coefficient (Wildman–Crippen LogP) is 11.9. The van der Waals surface area contributed by atoms with Gasteiger partial charge in [0, 0.05) is 112 Å². The highest BCUT2D eigenvalue weighted by Crippen LogP contribution is 2.44. The Hall–Kier alpha value is -8.21. The van der Waals surface area contributed by atoms with Crippen molar-refractivity contribution in [2.75, 3.05) is 114 Å². The summed E-state index contributed by atoms with van der Waals surface area (Å²) in [5, 5.41) is 13.0. The molecule has 2 saturated heterocycles. The third-order valence-electron chi connectivity index (χ3n) is 18.0. The van der Waals surface area contributed by atoms with Crippen LogP contribution in [0, 0.1) is 5.82 Å². The summed E-state index contributed by atoms with van der Waals surface area (Å²) >= 11 is 0. The maximum Gasteiger partial charge on any atom is 0.228 e. The van der Waals surface area contributed by atoms with E-state index < -0.39 is 0 Å². The second kappa shape index (κ2) is 29.2. The van der Waals surface area contributed by atoms with Gasteiger partial charge in [-0.2, -0.15) is 0 Å². The van der Waals surface area contributed by atoms with Crippen LogP contribution in [-0.2, 0) is 41.7 Å². The zero-order valence-corrected chi connectivity index (χ0v) is 51.9. The van der Waals surface area contributed by atoms with E-state index in [-0.39, 0.29) is 35.9 Å². The highest BCUT2D eigenvalue weighted by molar-refractivity contribution is 5.93. The molecule has 2 aliphatic carbocycles. The van der Waals surface area contributed by atoms with Crippen LogP contribution in [0.4, 0.5) is 27.7 Å². The summed E-state index contributed by atoms with van der Waals surface area (Å²) in [6.45, 7) is 19.6. The van der Waals surface area contributed by atoms with Gasteiger partial charge in [-0.25, -0.2) is 24.3 Å². The Bertz CT molecular complexity index is 3650. The second-order valence-corrected chi connectivity index (χ2v) is 24.5. The van der Waals surface area contributed by atoms with Crippen molar-refractivity contribution in [2.45, 2.75) is 83.5 Å². The molecular formula is C73H85FN12O2. The van der Waals surface area contributed by atoms with Gasteiger partial charge >= 0.3 is 0 Å². The molecule has 15 heteroatoms. The van der Waals surface area contributed by atoms with Crippen LogP contribution in [-0.4, -0.2) is 144 Å². The minimum Gasteiger partial charge on any atom is -0.354 e. The van der Waals surface area contributed by atoms with Gasteiger partial charge in [-0.15, -0.1) is 0 Å². The van der Waals surface area contributed by atoms with Crippen molar-refractivity contribution >= 4 is 35.1 Å². The minimum absolute atomic E-state index is 0.00564. The fourth-order valence-corrected chi connectivity index (χ4v) is 12.9. The molecule has 0 saturated carbocycles. The first kappa shape index (κ1) is 61.4. The molecule has 0 spiro atoms. The Labute approximate surface area is 519 Å². The molecule has 456 valence electrons. The zero-order chi connectivity index (χ0) is 60.9. The Morgan fingerprint density at radius 2 is 1.00 bits per heavy atom. The number of anilines is 4. The number of halogens is 1. The largest absolute Gasteiger partial charge is 0.354 e. The maximum atomic E-state index is 13.9. The fraction of sp³-hybridized carbons (Fsp3) is 0.370. The van der Waals surface area contributed by atoms with Gasteiger partial charge in [0.25, 0.3) is 0 Å². The first-order chi connectivity index (χ1) is 42.9. The van der Waals surface area contributed by atoms with Gasteiger partial charge in [0.2, 0.25) is 23.7 Å². The third-order valence-corrected chi connectivity index (χ3v) is 18.0. The predicted molar refractivity (Wildman–Crippen MR) is 354 cm³/mol. The quantitative estimate of drug-likeness (QED) is 0.0539. The van der Waals surface area contributed by atoms with E-state index in [0.717, 1.165) is 150 Å². The molecule has 2 amide bonds. The van der Waals surface area contributed by atoms with E-state index in [4.69, 9.17) is 15.0 Å². The lowest BCUT2D eigenvalue weighted by Gasteiger charge is -2.32. The van der Waals surface area contributed by atoms with Crippen LogP contribution in [0.1, 0.15) is 107 Å². The first-order valence-corrected chi connectivity index (χ1v) is 31.8. The molecule has 4 heterocycles. The summed E-state index contributed by atoms with van der Waals surface area (Å²) in [5.41, 5.74) is 17.1. The van der Waals surface area contributed by atoms with Gasteiger partial charge in [-0.05, 0) is 151 Å². The Morgan fingerprint density at radius 3 is 1.48 bits per heavy atom. The number of benzene rings is 6. The molecular weight excluding hydrogens is 1100 g/mol. The van der Waals surface area contributed by atoms with Crippen LogP contribution in [0.3, 0.4) is 0 Å². The number of hydrogen-bond donors (Lipinski definition) is 4. The number of rotatable bonds is 20. The van der Waals surface area contributed by atoms with Gasteiger partial charge in [0.1, 0.15) is 5.82 Å². The average Bonchev–Trinajstić information content (AvgIpc) is 1.01. The number of piperazine rings is 2. The van der Waals surface area contributed by atoms with E-state index in [1.807, 2.05) is 36.7 Å². The van der Waals surface area contributed by atoms with E-state index in [2.05, 4.69) is 172 Å². The summed E-state index contributed by atoms with van der Waals surface area (Å²) in [5.74, 6) is 1.52. The van der Waals surface area contributed by atoms with Gasteiger partial charge in [-0.1, -0.05) is 130 Å². The summed E-state index contributed by atoms with van der Waals surface area (Å²) in [6.07, 6.45) is 9.04. The van der Waals surface area contributed by atoms with E-state index in [0.29, 0.717) is 35.5 Å². The number of carbonyl (C=O) groups excluding carboxylic acids is 2. The molecule has 4 aliphatic rings. The van der Waals surface area contributed by atoms with Crippen molar-refractivity contribution in [3.63, 3.8) is 0 Å². The van der Waals surface area contributed by atoms with Crippen LogP contribution >= 0.6 is 0 Å². The highest BCUT2D eigenvalue weighted by atomic mass is 19.1. The number of nitrogens with one attached hydrogen (secondary N) is 4. The Kier molecular flexibility index (Phi) is 20.4. The second-order valence-electron chi connectivity index (χ2n) is 24.5. The number of likely N-dealkylation sites (N-methyl/N-ethyl adjacent to an activating group) is 2. The summed E-state index contributed by atoms with van der Waals surface area (Å²) in [7, 11) is 4.38. The molecule has 0 radical (unpaired) electrons. The van der Waals surface area contributed by atoms with Gasteiger partial charge in [0.05, 0.1) is 24.2 Å². The fourth-order valence-electron chi connectivity index (χ4n) is 12.9. The molecule has 2 fully saturated rings. The van der Waals surface area contributed by atoms with Crippen LogP contribution in [0.5, 0.6) is 0 Å². The monoisotopic (exact) mass is 1180 g/mol. The van der Waals surface area contributed by atoms with E-state index in [1.165, 1.54) is 45.0 Å². The molecule has 88 heavy (non-hydrogen) atoms. The summed E-state index contributed by atoms with van der Waals surface area (Å²) in [4.78, 5) is 54.8. The lowest BCUT2D eigenvalue weighted by Crippen LogP contribution is -2.44. The molecule has 12 rings (SSSR count). The molecule has 14 nitrogen and oxygen atoms in total. The van der Waals surface area contributed by atoms with E-state index >= 15 is 0 Å². The Morgan fingerprint density at radius 1 is 0.545 bits per heavy atom. The molecule has 0 bridgehead atoms. The van der Waals surface area contributed by atoms with Crippen LogP contribution in [0.2, 0.25) is 0 Å². The summed E-state index contributed by atoms with van der Waals surface area (Å²) in [6, 6.07) is 46.1. The van der Waals surface area contributed by atoms with Crippen molar-refractivity contribution in [3.8, 4) is 22.5 Å². The topological polar surface area (TPSA) is 147 Å². The third kappa shape index (κ3) is 15.4. The number of carbonyl (C=O) groups is 2. The SMILES string of the molecule is CCc1cccc(C(C)C)c1CC(=O)Nc1ccc(C2Cc3cnc(NCCCN4CCN(C)CC4)nc3-c3ccccc32)cc1.CN1CCN(CCCNc2ncc3c(n2)-c2ccccc2C(c2ccc(NC(=O)Cc4ccccc4F)cc2)C3)CC1. The van der Waals surface area contributed by atoms with Crippen molar-refractivity contribution in [2.24, 2.45) is 0 Å². The van der Waals surface area contributed by atoms with Crippen molar-refractivity contribution < 1.29 is 14.0 Å². The molecule has 2 aromatic heterocycles. The number of aromatic nitrogens is 4. The van der Waals surface area contributed by atoms with E-state index in [9.17, 15) is 14.0 Å². The minimum atomic E-state index is -0.368. The lowest BCUT2D eigenvalue weighted by molar-refractivity contribution is -0.116. The smallest absolute Gasteiger partial charge is 0.228 e. The number of hydrogen-bond acceptors (Lipinski definition) is 12. The first-order valence-electron chi connectivity index (χ1n) is 31.8. The van der Waals surface area contributed by atoms with Crippen molar-refractivity contribution in [3.05, 3.63) is 213 Å². The average molecular weight is 1180 g/mol. The van der Waals surface area contributed by atoms with Crippen LogP contribution < -0.4 is 21.3 Å². The number of aryl methyl sites for hydroxylation is 1. The van der Waals surface area contributed by atoms with Gasteiger partial charge in [-0.3, -0.25) is 9.59 Å². The van der Waals surface area contributed by atoms with Gasteiger partial charge < -0.3 is 40.9 Å². The zero-order valence-electron chi connectivity index (χ0n) is 51.9. The van der Waals surface area contributed by atoms with Crippen LogP contribution in [0.25, 0.3) is 22.5 Å². The molecule has 4 N–H and O–H groups in total. The number of nitrogens with zero attached hydrogens (tertiary/aromatic N) is 8. The molecule has 8 aromatic rings. The highest BCUT2D eigenvalue weighted by Gasteiger charge is 2.30.